The first kappa shape index (κ1) is 19.2. The summed E-state index contributed by atoms with van der Waals surface area (Å²) in [7, 11) is 0. The molecule has 0 spiro atoms. The second kappa shape index (κ2) is 7.84. The lowest BCUT2D eigenvalue weighted by Crippen LogP contribution is -2.34. The van der Waals surface area contributed by atoms with Crippen molar-refractivity contribution in [2.75, 3.05) is 5.32 Å². The van der Waals surface area contributed by atoms with E-state index in [2.05, 4.69) is 10.6 Å². The van der Waals surface area contributed by atoms with Crippen molar-refractivity contribution in [1.82, 2.24) is 5.32 Å². The van der Waals surface area contributed by atoms with Gasteiger partial charge in [0.25, 0.3) is 5.91 Å². The molecule has 0 unspecified atom stereocenters. The summed E-state index contributed by atoms with van der Waals surface area (Å²) >= 11 is 10.8. The Balaban J connectivity index is 2.08. The Bertz CT molecular complexity index is 791. The molecule has 2 rings (SSSR count). The number of hydrogen-bond acceptors (Lipinski definition) is 2. The third kappa shape index (κ3) is 5.17. The molecular formula is C17H14ClF3N2OS. The molecule has 0 heterocycles. The van der Waals surface area contributed by atoms with E-state index in [4.69, 9.17) is 23.8 Å². The first-order chi connectivity index (χ1) is 11.7. The lowest BCUT2D eigenvalue weighted by Gasteiger charge is -2.13. The summed E-state index contributed by atoms with van der Waals surface area (Å²) in [6.45, 7) is 1.99. The molecule has 0 atom stereocenters. The number of nitrogens with one attached hydrogen (secondary N) is 2. The molecule has 0 saturated carbocycles. The highest BCUT2D eigenvalue weighted by Crippen LogP contribution is 2.33. The summed E-state index contributed by atoms with van der Waals surface area (Å²) in [5, 5.41) is 4.83. The van der Waals surface area contributed by atoms with Crippen molar-refractivity contribution < 1.29 is 18.0 Å². The molecular weight excluding hydrogens is 373 g/mol. The summed E-state index contributed by atoms with van der Waals surface area (Å²) in [6, 6.07) is 9.73. The van der Waals surface area contributed by atoms with Gasteiger partial charge >= 0.3 is 6.18 Å². The lowest BCUT2D eigenvalue weighted by molar-refractivity contribution is -0.137. The zero-order valence-electron chi connectivity index (χ0n) is 13.1. The highest BCUT2D eigenvalue weighted by atomic mass is 35.5. The molecule has 2 aromatic rings. The van der Waals surface area contributed by atoms with Gasteiger partial charge in [0.1, 0.15) is 0 Å². The number of hydrogen-bond donors (Lipinski definition) is 2. The minimum Gasteiger partial charge on any atom is -0.331 e. The Morgan fingerprint density at radius 3 is 2.36 bits per heavy atom. The second-order valence-electron chi connectivity index (χ2n) is 5.15. The number of aryl methyl sites for hydroxylation is 1. The highest BCUT2D eigenvalue weighted by molar-refractivity contribution is 7.80. The van der Waals surface area contributed by atoms with Crippen molar-refractivity contribution in [2.24, 2.45) is 0 Å². The standard InChI is InChI=1S/C17H14ClF3N2OS/c1-2-10-3-5-11(6-4-10)15(24)23-16(25)22-14-9-12(17(19,20)21)7-8-13(14)18/h3-9H,2H2,1H3,(H2,22,23,24,25). The average molecular weight is 387 g/mol. The van der Waals surface area contributed by atoms with E-state index in [-0.39, 0.29) is 15.8 Å². The van der Waals surface area contributed by atoms with E-state index in [0.29, 0.717) is 5.56 Å². The molecule has 25 heavy (non-hydrogen) atoms. The van der Waals surface area contributed by atoms with Crippen molar-refractivity contribution >= 4 is 40.5 Å². The number of carbonyl (C=O) groups is 1. The number of thiocarbonyl (C=S) groups is 1. The van der Waals surface area contributed by atoms with Crippen molar-refractivity contribution in [3.8, 4) is 0 Å². The van der Waals surface area contributed by atoms with Crippen LogP contribution in [0, 0.1) is 0 Å². The number of alkyl halides is 3. The fraction of sp³-hybridized carbons (Fsp3) is 0.176. The molecule has 2 aromatic carbocycles. The first-order valence-electron chi connectivity index (χ1n) is 7.28. The van der Waals surface area contributed by atoms with Crippen LogP contribution in [-0.4, -0.2) is 11.0 Å². The second-order valence-corrected chi connectivity index (χ2v) is 5.97. The van der Waals surface area contributed by atoms with Crippen molar-refractivity contribution in [3.05, 3.63) is 64.2 Å². The Hall–Kier alpha value is -2.12. The van der Waals surface area contributed by atoms with E-state index in [9.17, 15) is 18.0 Å². The van der Waals surface area contributed by atoms with Gasteiger partial charge < -0.3 is 5.32 Å². The molecule has 0 fully saturated rings. The van der Waals surface area contributed by atoms with Gasteiger partial charge in [-0.3, -0.25) is 10.1 Å². The van der Waals surface area contributed by atoms with Gasteiger partial charge in [-0.15, -0.1) is 0 Å². The van der Waals surface area contributed by atoms with E-state index < -0.39 is 17.6 Å². The zero-order chi connectivity index (χ0) is 18.6. The van der Waals surface area contributed by atoms with Gasteiger partial charge in [-0.25, -0.2) is 0 Å². The number of benzene rings is 2. The molecule has 0 bridgehead atoms. The normalized spacial score (nSPS) is 11.1. The van der Waals surface area contributed by atoms with Crippen LogP contribution in [0.5, 0.6) is 0 Å². The monoisotopic (exact) mass is 386 g/mol. The number of anilines is 1. The summed E-state index contributed by atoms with van der Waals surface area (Å²) < 4.78 is 38.3. The van der Waals surface area contributed by atoms with Gasteiger partial charge in [0, 0.05) is 5.56 Å². The number of halogens is 4. The van der Waals surface area contributed by atoms with Crippen LogP contribution in [0.4, 0.5) is 18.9 Å². The molecule has 2 N–H and O–H groups in total. The number of amides is 1. The van der Waals surface area contributed by atoms with Crippen LogP contribution in [0.2, 0.25) is 5.02 Å². The van der Waals surface area contributed by atoms with Gasteiger partial charge in [0.05, 0.1) is 16.3 Å². The fourth-order valence-corrected chi connectivity index (χ4v) is 2.39. The molecule has 1 amide bonds. The maximum atomic E-state index is 12.8. The molecule has 0 aliphatic carbocycles. The van der Waals surface area contributed by atoms with Crippen LogP contribution in [0.25, 0.3) is 0 Å². The summed E-state index contributed by atoms with van der Waals surface area (Å²) in [5.41, 5.74) is 0.552. The third-order valence-electron chi connectivity index (χ3n) is 3.39. The van der Waals surface area contributed by atoms with Gasteiger partial charge in [0.15, 0.2) is 5.11 Å². The topological polar surface area (TPSA) is 41.1 Å². The van der Waals surface area contributed by atoms with E-state index in [1.165, 1.54) is 0 Å². The zero-order valence-corrected chi connectivity index (χ0v) is 14.6. The molecule has 132 valence electrons. The van der Waals surface area contributed by atoms with Crippen molar-refractivity contribution in [3.63, 3.8) is 0 Å². The van der Waals surface area contributed by atoms with Gasteiger partial charge in [-0.2, -0.15) is 13.2 Å². The lowest BCUT2D eigenvalue weighted by atomic mass is 10.1. The Morgan fingerprint density at radius 2 is 1.80 bits per heavy atom. The van der Waals surface area contributed by atoms with E-state index >= 15 is 0 Å². The molecule has 0 saturated heterocycles. The molecule has 0 aliphatic heterocycles. The summed E-state index contributed by atoms with van der Waals surface area (Å²) in [6.07, 6.45) is -3.66. The van der Waals surface area contributed by atoms with Crippen LogP contribution in [0.1, 0.15) is 28.4 Å². The molecule has 0 aromatic heterocycles. The van der Waals surface area contributed by atoms with Gasteiger partial charge in [-0.1, -0.05) is 30.7 Å². The SMILES string of the molecule is CCc1ccc(C(=O)NC(=S)Nc2cc(C(F)(F)F)ccc2Cl)cc1. The van der Waals surface area contributed by atoms with Gasteiger partial charge in [-0.05, 0) is 54.5 Å². The minimum atomic E-state index is -4.51. The highest BCUT2D eigenvalue weighted by Gasteiger charge is 2.31. The smallest absolute Gasteiger partial charge is 0.331 e. The van der Waals surface area contributed by atoms with Crippen LogP contribution in [-0.2, 0) is 12.6 Å². The van der Waals surface area contributed by atoms with Crippen LogP contribution in [0.3, 0.4) is 0 Å². The van der Waals surface area contributed by atoms with Crippen LogP contribution >= 0.6 is 23.8 Å². The Morgan fingerprint density at radius 1 is 1.16 bits per heavy atom. The third-order valence-corrected chi connectivity index (χ3v) is 3.93. The van der Waals surface area contributed by atoms with Crippen LogP contribution in [0.15, 0.2) is 42.5 Å². The average Bonchev–Trinajstić information content (AvgIpc) is 2.55. The van der Waals surface area contributed by atoms with E-state index in [1.807, 2.05) is 19.1 Å². The molecule has 0 radical (unpaired) electrons. The van der Waals surface area contributed by atoms with Gasteiger partial charge in [0.2, 0.25) is 0 Å². The Labute approximate surface area is 153 Å². The van der Waals surface area contributed by atoms with Crippen molar-refractivity contribution in [2.45, 2.75) is 19.5 Å². The number of rotatable bonds is 3. The summed E-state index contributed by atoms with van der Waals surface area (Å²) in [4.78, 5) is 12.1. The maximum Gasteiger partial charge on any atom is 0.416 e. The number of carbonyl (C=O) groups excluding carboxylic acids is 1. The maximum absolute atomic E-state index is 12.8. The molecule has 3 nitrogen and oxygen atoms in total. The summed E-state index contributed by atoms with van der Waals surface area (Å²) in [5.74, 6) is -0.469. The minimum absolute atomic E-state index is 0.0388. The quantitative estimate of drug-likeness (QED) is 0.725. The van der Waals surface area contributed by atoms with Crippen molar-refractivity contribution in [1.29, 1.82) is 0 Å². The molecule has 8 heteroatoms. The first-order valence-corrected chi connectivity index (χ1v) is 8.07. The predicted octanol–water partition coefficient (Wildman–Crippen LogP) is 5.05. The van der Waals surface area contributed by atoms with E-state index in [1.54, 1.807) is 12.1 Å². The fourth-order valence-electron chi connectivity index (χ4n) is 2.02. The molecule has 0 aliphatic rings. The Kier molecular flexibility index (Phi) is 6.02. The predicted molar refractivity (Wildman–Crippen MR) is 96.0 cm³/mol. The van der Waals surface area contributed by atoms with Crippen LogP contribution < -0.4 is 10.6 Å². The largest absolute Gasteiger partial charge is 0.416 e. The van der Waals surface area contributed by atoms with E-state index in [0.717, 1.165) is 30.2 Å².